The van der Waals surface area contributed by atoms with E-state index in [0.29, 0.717) is 11.6 Å². The van der Waals surface area contributed by atoms with E-state index in [-0.39, 0.29) is 18.5 Å². The highest BCUT2D eigenvalue weighted by atomic mass is 35.5. The molecule has 1 aromatic rings. The first-order chi connectivity index (χ1) is 9.54. The molecule has 0 aliphatic rings. The first-order valence-corrected chi connectivity index (χ1v) is 6.98. The molecule has 3 N–H and O–H groups in total. The largest absolute Gasteiger partial charge is 0.338 e. The van der Waals surface area contributed by atoms with Gasteiger partial charge in [-0.3, -0.25) is 10.1 Å². The molecule has 0 bridgehead atoms. The van der Waals surface area contributed by atoms with E-state index in [1.54, 1.807) is 6.07 Å². The summed E-state index contributed by atoms with van der Waals surface area (Å²) < 4.78 is 0. The molecule has 5 nitrogen and oxygen atoms in total. The molecular formula is C14H20ClN3O2. The van der Waals surface area contributed by atoms with Crippen molar-refractivity contribution in [1.29, 1.82) is 0 Å². The number of carbonyl (C=O) groups excluding carboxylic acids is 2. The lowest BCUT2D eigenvalue weighted by Gasteiger charge is -2.15. The summed E-state index contributed by atoms with van der Waals surface area (Å²) in [6, 6.07) is 6.89. The Balaban J connectivity index is 2.37. The number of hydrogen-bond donors (Lipinski definition) is 3. The summed E-state index contributed by atoms with van der Waals surface area (Å²) in [5.41, 5.74) is 0.914. The molecular weight excluding hydrogens is 278 g/mol. The van der Waals surface area contributed by atoms with Crippen LogP contribution in [0.1, 0.15) is 31.9 Å². The number of amides is 3. The summed E-state index contributed by atoms with van der Waals surface area (Å²) in [6.45, 7) is 4.44. The third kappa shape index (κ3) is 5.59. The summed E-state index contributed by atoms with van der Waals surface area (Å²) in [5.74, 6) is -0.377. The Hall–Kier alpha value is -1.59. The molecule has 0 unspecified atom stereocenters. The lowest BCUT2D eigenvalue weighted by atomic mass is 10.1. The fourth-order valence-electron chi connectivity index (χ4n) is 1.64. The number of imide groups is 1. The molecule has 0 radical (unpaired) electrons. The fourth-order valence-corrected chi connectivity index (χ4v) is 1.93. The molecule has 0 saturated carbocycles. The van der Waals surface area contributed by atoms with E-state index in [1.165, 1.54) is 0 Å². The van der Waals surface area contributed by atoms with Crippen LogP contribution in [0, 0.1) is 0 Å². The van der Waals surface area contributed by atoms with Gasteiger partial charge in [0.2, 0.25) is 5.91 Å². The van der Waals surface area contributed by atoms with Crippen molar-refractivity contribution in [1.82, 2.24) is 16.0 Å². The molecule has 1 atom stereocenters. The molecule has 1 rings (SSSR count). The van der Waals surface area contributed by atoms with Crippen molar-refractivity contribution in [3.8, 4) is 0 Å². The Morgan fingerprint density at radius 2 is 2.00 bits per heavy atom. The Kier molecular flexibility index (Phi) is 7.04. The van der Waals surface area contributed by atoms with Gasteiger partial charge >= 0.3 is 6.03 Å². The zero-order valence-electron chi connectivity index (χ0n) is 11.7. The summed E-state index contributed by atoms with van der Waals surface area (Å²) in [6.07, 6.45) is 0.823. The number of carbonyl (C=O) groups is 2. The minimum Gasteiger partial charge on any atom is -0.338 e. The van der Waals surface area contributed by atoms with Crippen molar-refractivity contribution in [2.75, 3.05) is 13.1 Å². The predicted octanol–water partition coefficient (Wildman–Crippen LogP) is 2.23. The van der Waals surface area contributed by atoms with Gasteiger partial charge in [-0.25, -0.2) is 4.79 Å². The second kappa shape index (κ2) is 8.55. The molecule has 6 heteroatoms. The molecule has 0 aromatic heterocycles. The molecule has 0 aliphatic heterocycles. The zero-order valence-corrected chi connectivity index (χ0v) is 12.5. The third-order valence-electron chi connectivity index (χ3n) is 2.73. The second-order valence-corrected chi connectivity index (χ2v) is 4.84. The van der Waals surface area contributed by atoms with Crippen LogP contribution in [0.2, 0.25) is 5.02 Å². The minimum atomic E-state index is -0.468. The Morgan fingerprint density at radius 1 is 1.30 bits per heavy atom. The number of benzene rings is 1. The van der Waals surface area contributed by atoms with E-state index in [0.717, 1.165) is 12.0 Å². The molecule has 20 heavy (non-hydrogen) atoms. The van der Waals surface area contributed by atoms with Crippen LogP contribution in [0.15, 0.2) is 24.3 Å². The van der Waals surface area contributed by atoms with E-state index < -0.39 is 6.03 Å². The molecule has 0 heterocycles. The van der Waals surface area contributed by atoms with Crippen molar-refractivity contribution in [2.45, 2.75) is 26.3 Å². The number of rotatable bonds is 6. The summed E-state index contributed by atoms with van der Waals surface area (Å²) in [7, 11) is 0. The van der Waals surface area contributed by atoms with Gasteiger partial charge < -0.3 is 10.6 Å². The average Bonchev–Trinajstić information content (AvgIpc) is 2.43. The van der Waals surface area contributed by atoms with Crippen LogP contribution in [0.4, 0.5) is 4.79 Å². The molecule has 3 amide bonds. The highest BCUT2D eigenvalue weighted by molar-refractivity contribution is 6.31. The average molecular weight is 298 g/mol. The van der Waals surface area contributed by atoms with Gasteiger partial charge in [-0.05, 0) is 25.0 Å². The van der Waals surface area contributed by atoms with Crippen molar-refractivity contribution < 1.29 is 9.59 Å². The van der Waals surface area contributed by atoms with Gasteiger partial charge in [-0.2, -0.15) is 0 Å². The van der Waals surface area contributed by atoms with Gasteiger partial charge in [0, 0.05) is 17.6 Å². The fraction of sp³-hybridized carbons (Fsp3) is 0.429. The first-order valence-electron chi connectivity index (χ1n) is 6.60. The van der Waals surface area contributed by atoms with Crippen molar-refractivity contribution in [3.63, 3.8) is 0 Å². The Labute approximate surface area is 124 Å². The molecule has 1 aromatic carbocycles. The Morgan fingerprint density at radius 3 is 2.65 bits per heavy atom. The maximum atomic E-state index is 11.6. The van der Waals surface area contributed by atoms with Crippen LogP contribution in [0.5, 0.6) is 0 Å². The van der Waals surface area contributed by atoms with Crippen LogP contribution >= 0.6 is 11.6 Å². The van der Waals surface area contributed by atoms with Crippen molar-refractivity contribution in [3.05, 3.63) is 34.9 Å². The summed E-state index contributed by atoms with van der Waals surface area (Å²) in [4.78, 5) is 22.9. The molecule has 0 saturated heterocycles. The van der Waals surface area contributed by atoms with E-state index in [4.69, 9.17) is 11.6 Å². The summed E-state index contributed by atoms with van der Waals surface area (Å²) >= 11 is 6.07. The standard InChI is InChI=1S/C14H20ClN3O2/c1-3-8-16-14(20)18-13(19)9-17-10(2)11-6-4-5-7-12(11)15/h4-7,10,17H,3,8-9H2,1-2H3,(H2,16,18,19,20)/t10-/m0/s1. The van der Waals surface area contributed by atoms with Crippen molar-refractivity contribution in [2.24, 2.45) is 0 Å². The maximum absolute atomic E-state index is 11.6. The second-order valence-electron chi connectivity index (χ2n) is 4.43. The molecule has 0 aliphatic carbocycles. The third-order valence-corrected chi connectivity index (χ3v) is 3.07. The number of halogens is 1. The molecule has 110 valence electrons. The highest BCUT2D eigenvalue weighted by Crippen LogP contribution is 2.21. The van der Waals surface area contributed by atoms with E-state index in [2.05, 4.69) is 16.0 Å². The zero-order chi connectivity index (χ0) is 15.0. The quantitative estimate of drug-likeness (QED) is 0.754. The minimum absolute atomic E-state index is 0.0476. The van der Waals surface area contributed by atoms with Crippen LogP contribution < -0.4 is 16.0 Å². The number of urea groups is 1. The van der Waals surface area contributed by atoms with Crippen LogP contribution in [-0.4, -0.2) is 25.0 Å². The van der Waals surface area contributed by atoms with Gasteiger partial charge in [0.05, 0.1) is 6.54 Å². The van der Waals surface area contributed by atoms with Gasteiger partial charge in [0.25, 0.3) is 0 Å². The van der Waals surface area contributed by atoms with E-state index in [9.17, 15) is 9.59 Å². The normalized spacial score (nSPS) is 11.8. The monoisotopic (exact) mass is 297 g/mol. The Bertz CT molecular complexity index is 465. The van der Waals surface area contributed by atoms with E-state index in [1.807, 2.05) is 32.0 Å². The lowest BCUT2D eigenvalue weighted by molar-refractivity contribution is -0.119. The van der Waals surface area contributed by atoms with Crippen LogP contribution in [0.3, 0.4) is 0 Å². The number of hydrogen-bond acceptors (Lipinski definition) is 3. The number of nitrogens with one attached hydrogen (secondary N) is 3. The van der Waals surface area contributed by atoms with Gasteiger partial charge in [0.15, 0.2) is 0 Å². The SMILES string of the molecule is CCCNC(=O)NC(=O)CN[C@@H](C)c1ccccc1Cl. The lowest BCUT2D eigenvalue weighted by Crippen LogP contribution is -2.43. The molecule has 0 fully saturated rings. The van der Waals surface area contributed by atoms with Crippen molar-refractivity contribution >= 4 is 23.5 Å². The van der Waals surface area contributed by atoms with Gasteiger partial charge in [-0.1, -0.05) is 36.7 Å². The topological polar surface area (TPSA) is 70.2 Å². The van der Waals surface area contributed by atoms with E-state index >= 15 is 0 Å². The predicted molar refractivity (Wildman–Crippen MR) is 79.7 cm³/mol. The van der Waals surface area contributed by atoms with Crippen LogP contribution in [0.25, 0.3) is 0 Å². The smallest absolute Gasteiger partial charge is 0.321 e. The molecule has 0 spiro atoms. The van der Waals surface area contributed by atoms with Crippen LogP contribution in [-0.2, 0) is 4.79 Å². The first kappa shape index (κ1) is 16.5. The maximum Gasteiger partial charge on any atom is 0.321 e. The van der Waals surface area contributed by atoms with Gasteiger partial charge in [0.1, 0.15) is 0 Å². The highest BCUT2D eigenvalue weighted by Gasteiger charge is 2.11. The van der Waals surface area contributed by atoms with Gasteiger partial charge in [-0.15, -0.1) is 0 Å². The summed E-state index contributed by atoms with van der Waals surface area (Å²) in [5, 5.41) is 8.49.